The van der Waals surface area contributed by atoms with Gasteiger partial charge in [-0.3, -0.25) is 9.69 Å². The van der Waals surface area contributed by atoms with Crippen LogP contribution in [0.5, 0.6) is 0 Å². The lowest BCUT2D eigenvalue weighted by Crippen LogP contribution is -2.42. The van der Waals surface area contributed by atoms with Crippen molar-refractivity contribution in [3.63, 3.8) is 0 Å². The summed E-state index contributed by atoms with van der Waals surface area (Å²) in [5.74, 6) is -2.64. The molecule has 264 valence electrons. The second kappa shape index (κ2) is 15.9. The Kier molecular flexibility index (Phi) is 11.4. The van der Waals surface area contributed by atoms with Crippen molar-refractivity contribution in [2.45, 2.75) is 44.7 Å². The molecule has 0 aliphatic carbocycles. The largest absolute Gasteiger partial charge is 0.460 e. The van der Waals surface area contributed by atoms with Crippen LogP contribution in [0.4, 0.5) is 19.4 Å². The van der Waals surface area contributed by atoms with Crippen LogP contribution in [0.15, 0.2) is 78.8 Å². The molecule has 16 heteroatoms. The van der Waals surface area contributed by atoms with Crippen molar-refractivity contribution in [2.75, 3.05) is 25.5 Å². The number of carbonyl (C=O) groups excluding carboxylic acids is 2. The van der Waals surface area contributed by atoms with Crippen LogP contribution < -0.4 is 14.8 Å². The van der Waals surface area contributed by atoms with Gasteiger partial charge in [-0.15, -0.1) is 16.0 Å². The SMILES string of the molecule is CNCC(=O)OCc1cccnc1N(C)C(=O)OC(C)[n+]1cnn(C[C@](O)(c2cc(F)ccc2F)C(C)c2nc(-c3ccc(C#N)cc3)cs2)c1. The highest BCUT2D eigenvalue weighted by molar-refractivity contribution is 7.10. The van der Waals surface area contributed by atoms with Gasteiger partial charge in [-0.25, -0.2) is 23.5 Å². The summed E-state index contributed by atoms with van der Waals surface area (Å²) in [6, 6.07) is 15.1. The molecule has 3 heterocycles. The molecule has 3 aromatic heterocycles. The van der Waals surface area contributed by atoms with Crippen LogP contribution in [0.25, 0.3) is 11.3 Å². The molecule has 5 aromatic rings. The Balaban J connectivity index is 1.35. The van der Waals surface area contributed by atoms with Crippen molar-refractivity contribution in [1.82, 2.24) is 25.1 Å². The zero-order chi connectivity index (χ0) is 36.7. The average molecular weight is 718 g/mol. The van der Waals surface area contributed by atoms with Crippen molar-refractivity contribution in [1.29, 1.82) is 5.26 Å². The number of nitriles is 1. The van der Waals surface area contributed by atoms with Crippen LogP contribution in [-0.4, -0.2) is 57.6 Å². The van der Waals surface area contributed by atoms with Crippen LogP contribution >= 0.6 is 11.3 Å². The summed E-state index contributed by atoms with van der Waals surface area (Å²) in [7, 11) is 3.08. The molecule has 3 atom stereocenters. The molecule has 0 saturated carbocycles. The number of ether oxygens (including phenoxy) is 2. The number of thiazole rings is 1. The topological polar surface area (TPSA) is 159 Å². The fraction of sp³-hybridized carbons (Fsp3) is 0.286. The second-order valence-electron chi connectivity index (χ2n) is 11.6. The van der Waals surface area contributed by atoms with E-state index in [4.69, 9.17) is 19.7 Å². The highest BCUT2D eigenvalue weighted by Crippen LogP contribution is 2.41. The molecule has 0 bridgehead atoms. The lowest BCUT2D eigenvalue weighted by molar-refractivity contribution is -0.753. The monoisotopic (exact) mass is 717 g/mol. The molecule has 0 aliphatic heterocycles. The molecule has 0 radical (unpaired) electrons. The number of carbonyl (C=O) groups is 2. The lowest BCUT2D eigenvalue weighted by atomic mass is 9.82. The third kappa shape index (κ3) is 8.40. The van der Waals surface area contributed by atoms with Gasteiger partial charge in [0.25, 0.3) is 6.33 Å². The number of anilines is 1. The Labute approximate surface area is 296 Å². The summed E-state index contributed by atoms with van der Waals surface area (Å²) in [6.45, 7) is 2.85. The molecule has 0 saturated heterocycles. The number of aliphatic hydroxyl groups is 1. The predicted molar refractivity (Wildman–Crippen MR) is 181 cm³/mol. The highest BCUT2D eigenvalue weighted by Gasteiger charge is 2.43. The molecule has 2 unspecified atom stereocenters. The van der Waals surface area contributed by atoms with E-state index in [1.165, 1.54) is 51.4 Å². The first-order chi connectivity index (χ1) is 24.4. The van der Waals surface area contributed by atoms with Crippen molar-refractivity contribution in [2.24, 2.45) is 0 Å². The number of esters is 1. The fourth-order valence-corrected chi connectivity index (χ4v) is 6.22. The number of nitrogens with one attached hydrogen (secondary N) is 1. The van der Waals surface area contributed by atoms with Crippen LogP contribution in [-0.2, 0) is 33.0 Å². The van der Waals surface area contributed by atoms with Crippen LogP contribution in [0.2, 0.25) is 0 Å². The van der Waals surface area contributed by atoms with Gasteiger partial charge in [0, 0.05) is 53.3 Å². The van der Waals surface area contributed by atoms with Crippen LogP contribution in [0.3, 0.4) is 0 Å². The minimum Gasteiger partial charge on any atom is -0.460 e. The Bertz CT molecular complexity index is 2050. The van der Waals surface area contributed by atoms with Crippen LogP contribution in [0, 0.1) is 23.0 Å². The number of hydrogen-bond donors (Lipinski definition) is 2. The summed E-state index contributed by atoms with van der Waals surface area (Å²) in [5, 5.41) is 30.6. The summed E-state index contributed by atoms with van der Waals surface area (Å²) < 4.78 is 43.5. The minimum atomic E-state index is -2.04. The molecular weight excluding hydrogens is 682 g/mol. The van der Waals surface area contributed by atoms with E-state index in [0.717, 1.165) is 23.8 Å². The summed E-state index contributed by atoms with van der Waals surface area (Å²) in [5.41, 5.74) is 0.000750. The highest BCUT2D eigenvalue weighted by atomic mass is 32.1. The summed E-state index contributed by atoms with van der Waals surface area (Å²) in [6.07, 6.45) is 2.65. The van der Waals surface area contributed by atoms with Crippen molar-refractivity contribution >= 4 is 29.2 Å². The molecule has 5 rings (SSSR count). The van der Waals surface area contributed by atoms with E-state index < -0.39 is 41.4 Å². The third-order valence-corrected chi connectivity index (χ3v) is 9.20. The first-order valence-corrected chi connectivity index (χ1v) is 16.6. The number of amides is 1. The molecule has 0 aliphatic rings. The Morgan fingerprint density at radius 3 is 2.69 bits per heavy atom. The van der Waals surface area contributed by atoms with E-state index in [1.807, 2.05) is 0 Å². The van der Waals surface area contributed by atoms with Gasteiger partial charge >= 0.3 is 12.1 Å². The van der Waals surface area contributed by atoms with E-state index in [0.29, 0.717) is 21.8 Å². The summed E-state index contributed by atoms with van der Waals surface area (Å²) >= 11 is 1.25. The Morgan fingerprint density at radius 1 is 1.20 bits per heavy atom. The first-order valence-electron chi connectivity index (χ1n) is 15.7. The number of nitrogens with zero attached hydrogens (tertiary/aromatic N) is 7. The average Bonchev–Trinajstić information content (AvgIpc) is 3.82. The van der Waals surface area contributed by atoms with Gasteiger partial charge in [-0.05, 0) is 43.4 Å². The maximum absolute atomic E-state index is 15.3. The van der Waals surface area contributed by atoms with E-state index in [2.05, 4.69) is 21.5 Å². The molecule has 13 nitrogen and oxygen atoms in total. The van der Waals surface area contributed by atoms with Gasteiger partial charge in [0.15, 0.2) is 0 Å². The van der Waals surface area contributed by atoms with Gasteiger partial charge in [-0.2, -0.15) is 9.83 Å². The Hall–Kier alpha value is -5.63. The molecule has 0 spiro atoms. The van der Waals surface area contributed by atoms with E-state index in [-0.39, 0.29) is 31.1 Å². The number of likely N-dealkylation sites (N-methyl/N-ethyl adjacent to an activating group) is 1. The molecule has 51 heavy (non-hydrogen) atoms. The number of pyridine rings is 1. The van der Waals surface area contributed by atoms with Gasteiger partial charge < -0.3 is 19.9 Å². The minimum absolute atomic E-state index is 0.0229. The van der Waals surface area contributed by atoms with Crippen molar-refractivity contribution in [3.8, 4) is 17.3 Å². The number of hydrogen-bond acceptors (Lipinski definition) is 11. The molecule has 1 amide bonds. The smallest absolute Gasteiger partial charge is 0.418 e. The molecular formula is C35H35F2N8O5S+. The maximum atomic E-state index is 15.3. The number of benzene rings is 2. The van der Waals surface area contributed by atoms with E-state index in [1.54, 1.807) is 62.7 Å². The van der Waals surface area contributed by atoms with E-state index in [9.17, 15) is 19.1 Å². The quantitative estimate of drug-likeness (QED) is 0.130. The second-order valence-corrected chi connectivity index (χ2v) is 12.5. The molecule has 0 fully saturated rings. The predicted octanol–water partition coefficient (Wildman–Crippen LogP) is 4.58. The fourth-order valence-electron chi connectivity index (χ4n) is 5.25. The van der Waals surface area contributed by atoms with Gasteiger partial charge in [0.1, 0.15) is 36.2 Å². The summed E-state index contributed by atoms with van der Waals surface area (Å²) in [4.78, 5) is 35.1. The first kappa shape index (κ1) is 36.6. The number of rotatable bonds is 13. The van der Waals surface area contributed by atoms with Gasteiger partial charge in [-0.1, -0.05) is 25.1 Å². The van der Waals surface area contributed by atoms with Gasteiger partial charge in [0.2, 0.25) is 12.6 Å². The van der Waals surface area contributed by atoms with E-state index >= 15 is 4.39 Å². The zero-order valence-corrected chi connectivity index (χ0v) is 29.0. The normalized spacial score (nSPS) is 13.5. The van der Waals surface area contributed by atoms with Crippen molar-refractivity contribution < 1.29 is 37.5 Å². The number of aromatic nitrogens is 5. The van der Waals surface area contributed by atoms with Crippen molar-refractivity contribution in [3.05, 3.63) is 112 Å². The lowest BCUT2D eigenvalue weighted by Gasteiger charge is -2.32. The van der Waals surface area contributed by atoms with Crippen LogP contribution in [0.1, 0.15) is 47.7 Å². The zero-order valence-electron chi connectivity index (χ0n) is 28.2. The molecule has 2 aromatic carbocycles. The van der Waals surface area contributed by atoms with Gasteiger partial charge in [0.05, 0.1) is 28.9 Å². The number of halogens is 2. The molecule has 2 N–H and O–H groups in total. The third-order valence-electron chi connectivity index (χ3n) is 8.18. The maximum Gasteiger partial charge on any atom is 0.418 e. The standard InChI is InChI=1S/C35H35F2N8O5S/c1-22(33-42-30(18-51-33)25-9-7-24(15-38)8-10-25)35(48,28-14-27(36)11-12-29(28)37)19-45-21-44(20-41-45)23(2)50-34(47)43(4)32-26(6-5-13-40-32)17-49-31(46)16-39-3/h5-14,18,20-23,39,48H,16-17,19H2,1-4H3/q+1/t22?,23?,35-/m1/s1. The Morgan fingerprint density at radius 2 is 1.96 bits per heavy atom.